The minimum atomic E-state index is -0.0708. The first-order valence-electron chi connectivity index (χ1n) is 8.80. The zero-order chi connectivity index (χ0) is 17.8. The molecular weight excluding hydrogens is 324 g/mol. The zero-order valence-electron chi connectivity index (χ0n) is 14.4. The van der Waals surface area contributed by atoms with Gasteiger partial charge in [0.05, 0.1) is 6.04 Å². The van der Waals surface area contributed by atoms with Crippen LogP contribution in [-0.4, -0.2) is 10.9 Å². The molecule has 1 N–H and O–H groups in total. The quantitative estimate of drug-likeness (QED) is 0.759. The number of hydrogen-bond acceptors (Lipinski definition) is 3. The maximum atomic E-state index is 12.7. The minimum Gasteiger partial charge on any atom is -0.489 e. The predicted molar refractivity (Wildman–Crippen MR) is 100.0 cm³/mol. The molecule has 0 saturated carbocycles. The normalized spacial score (nSPS) is 15.3. The summed E-state index contributed by atoms with van der Waals surface area (Å²) in [4.78, 5) is 16.7. The van der Waals surface area contributed by atoms with Crippen molar-refractivity contribution in [1.29, 1.82) is 0 Å². The van der Waals surface area contributed by atoms with Gasteiger partial charge in [-0.1, -0.05) is 36.4 Å². The van der Waals surface area contributed by atoms with Crippen molar-refractivity contribution in [3.8, 4) is 5.75 Å². The summed E-state index contributed by atoms with van der Waals surface area (Å²) in [5.74, 6) is 0.604. The van der Waals surface area contributed by atoms with Gasteiger partial charge in [0.15, 0.2) is 0 Å². The van der Waals surface area contributed by atoms with Gasteiger partial charge in [-0.15, -0.1) is 0 Å². The van der Waals surface area contributed by atoms with Crippen LogP contribution in [0.1, 0.15) is 39.5 Å². The molecule has 26 heavy (non-hydrogen) atoms. The van der Waals surface area contributed by atoms with E-state index in [1.54, 1.807) is 18.5 Å². The predicted octanol–water partition coefficient (Wildman–Crippen LogP) is 4.08. The average molecular weight is 344 g/mol. The van der Waals surface area contributed by atoms with Crippen LogP contribution >= 0.6 is 0 Å². The van der Waals surface area contributed by atoms with Crippen LogP contribution in [-0.2, 0) is 13.0 Å². The molecule has 1 aliphatic rings. The van der Waals surface area contributed by atoms with E-state index in [0.29, 0.717) is 17.9 Å². The molecule has 0 unspecified atom stereocenters. The minimum absolute atomic E-state index is 0.0708. The second-order valence-electron chi connectivity index (χ2n) is 6.44. The molecule has 2 aromatic carbocycles. The van der Waals surface area contributed by atoms with Crippen molar-refractivity contribution in [2.45, 2.75) is 25.5 Å². The van der Waals surface area contributed by atoms with Gasteiger partial charge < -0.3 is 10.1 Å². The standard InChI is InChI=1S/C22H20N2O2/c25-22(24-21-11-10-17-6-1-2-9-20(17)21)18-7-3-8-19(13-18)26-15-16-5-4-12-23-14-16/h1-9,12-14,21H,10-11,15H2,(H,24,25)/t21-/m1/s1. The lowest BCUT2D eigenvalue weighted by Crippen LogP contribution is -2.27. The van der Waals surface area contributed by atoms with E-state index in [2.05, 4.69) is 22.4 Å². The monoisotopic (exact) mass is 344 g/mol. The molecule has 1 amide bonds. The van der Waals surface area contributed by atoms with Gasteiger partial charge in [0.1, 0.15) is 12.4 Å². The van der Waals surface area contributed by atoms with Gasteiger partial charge in [0.2, 0.25) is 0 Å². The number of aryl methyl sites for hydroxylation is 1. The van der Waals surface area contributed by atoms with E-state index >= 15 is 0 Å². The van der Waals surface area contributed by atoms with Crippen molar-refractivity contribution in [3.63, 3.8) is 0 Å². The third-order valence-corrected chi connectivity index (χ3v) is 4.66. The van der Waals surface area contributed by atoms with Gasteiger partial charge in [-0.25, -0.2) is 0 Å². The fourth-order valence-electron chi connectivity index (χ4n) is 3.33. The van der Waals surface area contributed by atoms with E-state index in [-0.39, 0.29) is 11.9 Å². The van der Waals surface area contributed by atoms with Gasteiger partial charge in [0.25, 0.3) is 5.91 Å². The number of carbonyl (C=O) groups excluding carboxylic acids is 1. The number of benzene rings is 2. The van der Waals surface area contributed by atoms with Crippen molar-refractivity contribution in [1.82, 2.24) is 10.3 Å². The molecule has 1 atom stereocenters. The molecule has 1 aliphatic carbocycles. The lowest BCUT2D eigenvalue weighted by molar-refractivity contribution is 0.0936. The van der Waals surface area contributed by atoms with E-state index in [1.807, 2.05) is 42.5 Å². The number of aromatic nitrogens is 1. The van der Waals surface area contributed by atoms with Crippen LogP contribution in [0.25, 0.3) is 0 Å². The average Bonchev–Trinajstić information content (AvgIpc) is 3.10. The maximum absolute atomic E-state index is 12.7. The van der Waals surface area contributed by atoms with Crippen molar-refractivity contribution in [2.24, 2.45) is 0 Å². The fourth-order valence-corrected chi connectivity index (χ4v) is 3.33. The second-order valence-corrected chi connectivity index (χ2v) is 6.44. The van der Waals surface area contributed by atoms with Crippen molar-refractivity contribution in [3.05, 3.63) is 95.3 Å². The molecule has 3 aromatic rings. The Balaban J connectivity index is 1.42. The summed E-state index contributed by atoms with van der Waals surface area (Å²) in [6.45, 7) is 0.426. The van der Waals surface area contributed by atoms with Gasteiger partial charge in [-0.2, -0.15) is 0 Å². The Bertz CT molecular complexity index is 909. The molecule has 4 heteroatoms. The number of rotatable bonds is 5. The summed E-state index contributed by atoms with van der Waals surface area (Å²) >= 11 is 0. The van der Waals surface area contributed by atoms with Crippen LogP contribution < -0.4 is 10.1 Å². The summed E-state index contributed by atoms with van der Waals surface area (Å²) in [6.07, 6.45) is 5.46. The molecule has 4 rings (SSSR count). The molecule has 1 heterocycles. The largest absolute Gasteiger partial charge is 0.489 e. The molecule has 1 aromatic heterocycles. The van der Waals surface area contributed by atoms with Gasteiger partial charge in [-0.05, 0) is 48.2 Å². The lowest BCUT2D eigenvalue weighted by Gasteiger charge is -2.15. The number of nitrogens with one attached hydrogen (secondary N) is 1. The van der Waals surface area contributed by atoms with Crippen molar-refractivity contribution in [2.75, 3.05) is 0 Å². The Morgan fingerprint density at radius 3 is 2.92 bits per heavy atom. The number of amides is 1. The summed E-state index contributed by atoms with van der Waals surface area (Å²) in [5.41, 5.74) is 4.15. The molecule has 0 radical (unpaired) electrons. The summed E-state index contributed by atoms with van der Waals surface area (Å²) in [5, 5.41) is 3.15. The Hall–Kier alpha value is -3.14. The number of pyridine rings is 1. The third-order valence-electron chi connectivity index (χ3n) is 4.66. The maximum Gasteiger partial charge on any atom is 0.251 e. The third kappa shape index (κ3) is 3.59. The number of nitrogens with zero attached hydrogens (tertiary/aromatic N) is 1. The molecule has 0 saturated heterocycles. The highest BCUT2D eigenvalue weighted by Crippen LogP contribution is 2.31. The van der Waals surface area contributed by atoms with Crippen LogP contribution in [0.4, 0.5) is 0 Å². The van der Waals surface area contributed by atoms with E-state index in [0.717, 1.165) is 18.4 Å². The number of carbonyl (C=O) groups is 1. The van der Waals surface area contributed by atoms with E-state index in [1.165, 1.54) is 11.1 Å². The second kappa shape index (κ2) is 7.40. The van der Waals surface area contributed by atoms with Crippen molar-refractivity contribution >= 4 is 5.91 Å². The van der Waals surface area contributed by atoms with E-state index < -0.39 is 0 Å². The lowest BCUT2D eigenvalue weighted by atomic mass is 10.1. The Kier molecular flexibility index (Phi) is 4.65. The number of fused-ring (bicyclic) bond motifs is 1. The molecule has 0 fully saturated rings. The van der Waals surface area contributed by atoms with Crippen LogP contribution in [0.15, 0.2) is 73.1 Å². The first-order chi connectivity index (χ1) is 12.8. The van der Waals surface area contributed by atoms with Gasteiger partial charge in [-0.3, -0.25) is 9.78 Å². The summed E-state index contributed by atoms with van der Waals surface area (Å²) in [6, 6.07) is 19.5. The highest BCUT2D eigenvalue weighted by Gasteiger charge is 2.23. The smallest absolute Gasteiger partial charge is 0.251 e. The van der Waals surface area contributed by atoms with Crippen LogP contribution in [0.5, 0.6) is 5.75 Å². The summed E-state index contributed by atoms with van der Waals surface area (Å²) in [7, 11) is 0. The molecule has 4 nitrogen and oxygen atoms in total. The van der Waals surface area contributed by atoms with E-state index in [4.69, 9.17) is 4.74 Å². The van der Waals surface area contributed by atoms with Crippen LogP contribution in [0.3, 0.4) is 0 Å². The molecular formula is C22H20N2O2. The Labute approximate surface area is 152 Å². The SMILES string of the molecule is O=C(N[C@@H]1CCc2ccccc21)c1cccc(OCc2cccnc2)c1. The summed E-state index contributed by atoms with van der Waals surface area (Å²) < 4.78 is 5.79. The fraction of sp³-hybridized carbons (Fsp3) is 0.182. The first kappa shape index (κ1) is 16.3. The topological polar surface area (TPSA) is 51.2 Å². The van der Waals surface area contributed by atoms with Gasteiger partial charge >= 0.3 is 0 Å². The van der Waals surface area contributed by atoms with E-state index in [9.17, 15) is 4.79 Å². The Morgan fingerprint density at radius 2 is 2.04 bits per heavy atom. The number of ether oxygens (including phenoxy) is 1. The molecule has 0 aliphatic heterocycles. The van der Waals surface area contributed by atoms with Gasteiger partial charge in [0, 0.05) is 23.5 Å². The molecule has 0 bridgehead atoms. The van der Waals surface area contributed by atoms with Crippen molar-refractivity contribution < 1.29 is 9.53 Å². The Morgan fingerprint density at radius 1 is 1.12 bits per heavy atom. The van der Waals surface area contributed by atoms with Crippen LogP contribution in [0.2, 0.25) is 0 Å². The first-order valence-corrected chi connectivity index (χ1v) is 8.80. The highest BCUT2D eigenvalue weighted by atomic mass is 16.5. The zero-order valence-corrected chi connectivity index (χ0v) is 14.4. The van der Waals surface area contributed by atoms with Crippen LogP contribution in [0, 0.1) is 0 Å². The highest BCUT2D eigenvalue weighted by molar-refractivity contribution is 5.94. The molecule has 0 spiro atoms. The molecule has 130 valence electrons. The number of hydrogen-bond donors (Lipinski definition) is 1.